The molecule has 0 aliphatic carbocycles. The average molecular weight is 405 g/mol. The zero-order valence-electron chi connectivity index (χ0n) is 17.0. The Hall–Kier alpha value is -3.74. The number of aliphatic hydroxyl groups excluding tert-OH is 1. The van der Waals surface area contributed by atoms with Crippen LogP contribution >= 0.6 is 0 Å². The molecule has 0 bridgehead atoms. The van der Waals surface area contributed by atoms with E-state index in [0.29, 0.717) is 16.6 Å². The highest BCUT2D eigenvalue weighted by molar-refractivity contribution is 6.03. The number of carbonyl (C=O) groups excluding carboxylic acids is 2. The van der Waals surface area contributed by atoms with Gasteiger partial charge in [-0.1, -0.05) is 35.9 Å². The number of esters is 1. The molecule has 7 heteroatoms. The van der Waals surface area contributed by atoms with Crippen molar-refractivity contribution in [1.82, 2.24) is 9.97 Å². The number of carbonyl (C=O) groups is 2. The molecule has 3 rings (SSSR count). The Balaban J connectivity index is 2.22. The van der Waals surface area contributed by atoms with E-state index in [0.717, 1.165) is 11.1 Å². The Morgan fingerprint density at radius 3 is 2.40 bits per heavy atom. The number of rotatable bonds is 6. The quantitative estimate of drug-likeness (QED) is 0.369. The van der Waals surface area contributed by atoms with Gasteiger partial charge in [0.15, 0.2) is 5.92 Å². The molecule has 0 aliphatic heterocycles. The van der Waals surface area contributed by atoms with E-state index in [1.165, 1.54) is 6.08 Å². The third kappa shape index (κ3) is 4.30. The molecule has 0 aliphatic rings. The lowest BCUT2D eigenvalue weighted by Crippen LogP contribution is -2.31. The van der Waals surface area contributed by atoms with Crippen molar-refractivity contribution in [1.29, 1.82) is 0 Å². The lowest BCUT2D eigenvalue weighted by molar-refractivity contribution is -0.147. The van der Waals surface area contributed by atoms with Crippen molar-refractivity contribution in [2.45, 2.75) is 26.7 Å². The number of para-hydroxylation sites is 2. The van der Waals surface area contributed by atoms with Gasteiger partial charge < -0.3 is 15.6 Å². The summed E-state index contributed by atoms with van der Waals surface area (Å²) in [5.41, 5.74) is 9.29. The smallest absolute Gasteiger partial charge is 0.324 e. The zero-order valence-corrected chi connectivity index (χ0v) is 17.0. The van der Waals surface area contributed by atoms with Gasteiger partial charge in [-0.3, -0.25) is 9.59 Å². The molecule has 1 amide bonds. The number of aromatic nitrogens is 2. The summed E-state index contributed by atoms with van der Waals surface area (Å²) in [4.78, 5) is 33.6. The first-order valence-corrected chi connectivity index (χ1v) is 9.52. The van der Waals surface area contributed by atoms with Crippen molar-refractivity contribution in [3.05, 3.63) is 70.5 Å². The number of amides is 1. The highest BCUT2D eigenvalue weighted by Gasteiger charge is 2.32. The monoisotopic (exact) mass is 405 g/mol. The number of nitrogens with zero attached hydrogens (tertiary/aromatic N) is 2. The fourth-order valence-electron chi connectivity index (χ4n) is 3.24. The molecule has 3 aromatic rings. The summed E-state index contributed by atoms with van der Waals surface area (Å²) in [6, 6.07) is 12.6. The van der Waals surface area contributed by atoms with E-state index in [1.807, 2.05) is 26.0 Å². The number of fused-ring (bicyclic) bond motifs is 1. The van der Waals surface area contributed by atoms with Gasteiger partial charge in [0.05, 0.1) is 29.0 Å². The molecule has 0 saturated carbocycles. The summed E-state index contributed by atoms with van der Waals surface area (Å²) >= 11 is 0. The number of hydrogen-bond donors (Lipinski definition) is 2. The number of nitrogens with two attached hydrogens (primary N) is 1. The third-order valence-electron chi connectivity index (χ3n) is 4.64. The summed E-state index contributed by atoms with van der Waals surface area (Å²) < 4.78 is 5.02. The lowest BCUT2D eigenvalue weighted by atomic mass is 9.99. The molecule has 3 N–H and O–H groups in total. The van der Waals surface area contributed by atoms with Crippen LogP contribution in [0.4, 0.5) is 0 Å². The molecule has 1 heterocycles. The van der Waals surface area contributed by atoms with Gasteiger partial charge in [-0.15, -0.1) is 0 Å². The van der Waals surface area contributed by atoms with Crippen LogP contribution in [0.3, 0.4) is 0 Å². The maximum absolute atomic E-state index is 12.4. The van der Waals surface area contributed by atoms with Crippen molar-refractivity contribution in [3.8, 4) is 0 Å². The number of benzene rings is 2. The average Bonchev–Trinajstić information content (AvgIpc) is 2.68. The number of hydrogen-bond acceptors (Lipinski definition) is 6. The van der Waals surface area contributed by atoms with E-state index < -0.39 is 17.8 Å². The van der Waals surface area contributed by atoms with Gasteiger partial charge in [0, 0.05) is 11.6 Å². The normalized spacial score (nSPS) is 12.6. The van der Waals surface area contributed by atoms with Crippen LogP contribution in [0.2, 0.25) is 0 Å². The first kappa shape index (κ1) is 21.0. The van der Waals surface area contributed by atoms with E-state index in [1.54, 1.807) is 37.3 Å². The van der Waals surface area contributed by atoms with Crippen LogP contribution in [-0.2, 0) is 14.3 Å². The van der Waals surface area contributed by atoms with Crippen molar-refractivity contribution >= 4 is 34.7 Å². The molecule has 1 atom stereocenters. The largest absolute Gasteiger partial charge is 0.507 e. The van der Waals surface area contributed by atoms with Gasteiger partial charge in [-0.2, -0.15) is 0 Å². The standard InChI is InChI=1S/C23H23N3O4/c1-4-30-23(29)20(22(24)28)21-18(25-16-7-5-6-8-17(16)26-21)12-19(27)15-10-9-13(2)11-14(15)3/h5-12,20,27H,4H2,1-3H3,(H2,24,28)/b19-12-/t20-/m1/s1. The minimum absolute atomic E-state index is 0.0379. The van der Waals surface area contributed by atoms with E-state index in [-0.39, 0.29) is 23.8 Å². The zero-order chi connectivity index (χ0) is 21.8. The van der Waals surface area contributed by atoms with Crippen LogP contribution in [0.1, 0.15) is 40.9 Å². The highest BCUT2D eigenvalue weighted by Crippen LogP contribution is 2.26. The Morgan fingerprint density at radius 2 is 1.80 bits per heavy atom. The SMILES string of the molecule is CCOC(=O)[C@@H](C(N)=O)c1nc2ccccc2nc1/C=C(\O)c1ccc(C)cc1C. The van der Waals surface area contributed by atoms with E-state index in [4.69, 9.17) is 10.5 Å². The first-order valence-electron chi connectivity index (χ1n) is 9.52. The summed E-state index contributed by atoms with van der Waals surface area (Å²) in [7, 11) is 0. The Labute approximate surface area is 174 Å². The Bertz CT molecular complexity index is 1150. The number of aryl methyl sites for hydroxylation is 2. The second kappa shape index (κ2) is 8.73. The summed E-state index contributed by atoms with van der Waals surface area (Å²) in [5, 5.41) is 10.8. The number of primary amides is 1. The van der Waals surface area contributed by atoms with Crippen LogP contribution in [-0.4, -0.2) is 33.6 Å². The second-order valence-electron chi connectivity index (χ2n) is 6.92. The fraction of sp³-hybridized carbons (Fsp3) is 0.217. The van der Waals surface area contributed by atoms with E-state index in [2.05, 4.69) is 9.97 Å². The molecular formula is C23H23N3O4. The number of ether oxygens (including phenoxy) is 1. The van der Waals surface area contributed by atoms with Crippen molar-refractivity contribution < 1.29 is 19.4 Å². The molecule has 0 radical (unpaired) electrons. The molecule has 0 spiro atoms. The third-order valence-corrected chi connectivity index (χ3v) is 4.64. The molecule has 154 valence electrons. The predicted molar refractivity (Wildman–Crippen MR) is 115 cm³/mol. The maximum atomic E-state index is 12.4. The van der Waals surface area contributed by atoms with Crippen molar-refractivity contribution in [3.63, 3.8) is 0 Å². The van der Waals surface area contributed by atoms with Gasteiger partial charge in [-0.25, -0.2) is 9.97 Å². The molecule has 1 aromatic heterocycles. The molecule has 0 saturated heterocycles. The Morgan fingerprint density at radius 1 is 1.13 bits per heavy atom. The van der Waals surface area contributed by atoms with Crippen LogP contribution in [0.15, 0.2) is 42.5 Å². The van der Waals surface area contributed by atoms with Crippen molar-refractivity contribution in [2.24, 2.45) is 5.73 Å². The number of aliphatic hydroxyl groups is 1. The van der Waals surface area contributed by atoms with Crippen LogP contribution in [0.5, 0.6) is 0 Å². The molecular weight excluding hydrogens is 382 g/mol. The molecule has 30 heavy (non-hydrogen) atoms. The van der Waals surface area contributed by atoms with Gasteiger partial charge in [-0.05, 0) is 38.5 Å². The van der Waals surface area contributed by atoms with Gasteiger partial charge >= 0.3 is 5.97 Å². The summed E-state index contributed by atoms with van der Waals surface area (Å²) in [5.74, 6) is -3.22. The summed E-state index contributed by atoms with van der Waals surface area (Å²) in [6.07, 6.45) is 1.39. The van der Waals surface area contributed by atoms with Crippen LogP contribution in [0.25, 0.3) is 22.9 Å². The van der Waals surface area contributed by atoms with E-state index in [9.17, 15) is 14.7 Å². The van der Waals surface area contributed by atoms with E-state index >= 15 is 0 Å². The molecule has 2 aromatic carbocycles. The Kier molecular flexibility index (Phi) is 6.11. The maximum Gasteiger partial charge on any atom is 0.324 e. The predicted octanol–water partition coefficient (Wildman–Crippen LogP) is 3.43. The highest BCUT2D eigenvalue weighted by atomic mass is 16.5. The molecule has 7 nitrogen and oxygen atoms in total. The van der Waals surface area contributed by atoms with Crippen molar-refractivity contribution in [2.75, 3.05) is 6.61 Å². The van der Waals surface area contributed by atoms with Gasteiger partial charge in [0.2, 0.25) is 5.91 Å². The lowest BCUT2D eigenvalue weighted by Gasteiger charge is -2.15. The van der Waals surface area contributed by atoms with Gasteiger partial charge in [0.25, 0.3) is 0 Å². The van der Waals surface area contributed by atoms with Gasteiger partial charge in [0.1, 0.15) is 5.76 Å². The topological polar surface area (TPSA) is 115 Å². The van der Waals surface area contributed by atoms with Crippen LogP contribution < -0.4 is 5.73 Å². The fourth-order valence-corrected chi connectivity index (χ4v) is 3.24. The second-order valence-corrected chi connectivity index (χ2v) is 6.92. The minimum Gasteiger partial charge on any atom is -0.507 e. The first-order chi connectivity index (χ1) is 14.3. The van der Waals surface area contributed by atoms with Crippen LogP contribution in [0, 0.1) is 13.8 Å². The summed E-state index contributed by atoms with van der Waals surface area (Å²) in [6.45, 7) is 5.56. The molecule has 0 unspecified atom stereocenters. The molecule has 0 fully saturated rings. The minimum atomic E-state index is -1.44.